The molecule has 6 rings (SSSR count). The Bertz CT molecular complexity index is 1540. The van der Waals surface area contributed by atoms with Gasteiger partial charge in [0.05, 0.1) is 18.5 Å². The van der Waals surface area contributed by atoms with Crippen molar-refractivity contribution in [2.24, 2.45) is 0 Å². The van der Waals surface area contributed by atoms with Gasteiger partial charge in [-0.2, -0.15) is 4.98 Å². The number of hydrogen-bond acceptors (Lipinski definition) is 6. The lowest BCUT2D eigenvalue weighted by Gasteiger charge is -2.40. The van der Waals surface area contributed by atoms with Gasteiger partial charge in [-0.1, -0.05) is 12.1 Å². The molecule has 2 aliphatic rings. The Morgan fingerprint density at radius 1 is 1.11 bits per heavy atom. The Hall–Kier alpha value is -3.73. The third-order valence-corrected chi connectivity index (χ3v) is 6.81. The second-order valence-corrected chi connectivity index (χ2v) is 9.35. The lowest BCUT2D eigenvalue weighted by molar-refractivity contribution is -0.176. The van der Waals surface area contributed by atoms with E-state index in [9.17, 15) is 13.6 Å². The molecule has 0 unspecified atom stereocenters. The summed E-state index contributed by atoms with van der Waals surface area (Å²) in [6.07, 6.45) is 0.605. The van der Waals surface area contributed by atoms with E-state index in [0.29, 0.717) is 6.54 Å². The van der Waals surface area contributed by atoms with Crippen molar-refractivity contribution in [2.45, 2.75) is 50.9 Å². The van der Waals surface area contributed by atoms with Gasteiger partial charge in [0, 0.05) is 25.0 Å². The Labute approximate surface area is 204 Å². The first kappa shape index (κ1) is 22.7. The van der Waals surface area contributed by atoms with Crippen molar-refractivity contribution in [2.75, 3.05) is 11.9 Å². The largest absolute Gasteiger partial charge is 0.324 e. The van der Waals surface area contributed by atoms with Crippen LogP contribution in [0.3, 0.4) is 0 Å². The van der Waals surface area contributed by atoms with Gasteiger partial charge in [0.15, 0.2) is 17.1 Å². The van der Waals surface area contributed by atoms with Crippen molar-refractivity contribution >= 4 is 22.7 Å². The summed E-state index contributed by atoms with van der Waals surface area (Å²) in [6.45, 7) is 3.82. The summed E-state index contributed by atoms with van der Waals surface area (Å²) in [5.41, 5.74) is 0.980. The molecule has 0 amide bonds. The quantitative estimate of drug-likeness (QED) is 0.436. The van der Waals surface area contributed by atoms with Crippen LogP contribution in [-0.4, -0.2) is 36.8 Å². The zero-order chi connectivity index (χ0) is 25.1. The number of rotatable bonds is 5. The second kappa shape index (κ2) is 8.16. The number of halogens is 3. The highest BCUT2D eigenvalue weighted by Gasteiger charge is 2.59. The molecule has 3 aromatic heterocycles. The van der Waals surface area contributed by atoms with Gasteiger partial charge < -0.3 is 10.6 Å². The van der Waals surface area contributed by atoms with Crippen molar-refractivity contribution < 1.29 is 13.2 Å². The van der Waals surface area contributed by atoms with Crippen LogP contribution in [0.15, 0.2) is 47.4 Å². The third kappa shape index (κ3) is 3.74. The molecule has 4 heterocycles. The van der Waals surface area contributed by atoms with Crippen molar-refractivity contribution in [1.29, 1.82) is 0 Å². The molecule has 1 aromatic carbocycles. The SMILES string of the molecule is CCn1c(=O)c2cnc(Nc3ccc4c(c3)CNCC4)nc2n1-c1cccc(C2(F)CC(F)(F)C2)n1. The van der Waals surface area contributed by atoms with E-state index in [1.165, 1.54) is 32.8 Å². The second-order valence-electron chi connectivity index (χ2n) is 9.35. The van der Waals surface area contributed by atoms with Crippen LogP contribution in [0.2, 0.25) is 0 Å². The van der Waals surface area contributed by atoms with Gasteiger partial charge >= 0.3 is 0 Å². The molecule has 0 bridgehead atoms. The van der Waals surface area contributed by atoms with Crippen molar-refractivity contribution in [3.05, 3.63) is 69.8 Å². The predicted molar refractivity (Wildman–Crippen MR) is 129 cm³/mol. The fourth-order valence-corrected chi connectivity index (χ4v) is 5.03. The number of alkyl halides is 3. The van der Waals surface area contributed by atoms with Crippen LogP contribution in [0, 0.1) is 0 Å². The lowest BCUT2D eigenvalue weighted by Crippen LogP contribution is -2.46. The number of nitrogens with zero attached hydrogens (tertiary/aromatic N) is 5. The monoisotopic (exact) mass is 495 g/mol. The van der Waals surface area contributed by atoms with E-state index >= 15 is 4.39 Å². The molecule has 1 aliphatic carbocycles. The Morgan fingerprint density at radius 2 is 1.94 bits per heavy atom. The van der Waals surface area contributed by atoms with Gasteiger partial charge in [0.25, 0.3) is 11.5 Å². The molecule has 0 spiro atoms. The number of hydrogen-bond donors (Lipinski definition) is 2. The van der Waals surface area contributed by atoms with E-state index in [1.54, 1.807) is 19.1 Å². The Morgan fingerprint density at radius 3 is 2.72 bits per heavy atom. The van der Waals surface area contributed by atoms with E-state index in [1.807, 2.05) is 12.1 Å². The number of aromatic nitrogens is 5. The van der Waals surface area contributed by atoms with Crippen LogP contribution in [0.5, 0.6) is 0 Å². The minimum absolute atomic E-state index is 0.0852. The molecule has 0 saturated heterocycles. The molecule has 1 fully saturated rings. The van der Waals surface area contributed by atoms with Crippen molar-refractivity contribution in [3.63, 3.8) is 0 Å². The van der Waals surface area contributed by atoms with Gasteiger partial charge in [-0.25, -0.2) is 32.5 Å². The molecule has 11 heteroatoms. The maximum Gasteiger partial charge on any atom is 0.278 e. The molecule has 4 aromatic rings. The summed E-state index contributed by atoms with van der Waals surface area (Å²) < 4.78 is 44.9. The smallest absolute Gasteiger partial charge is 0.278 e. The van der Waals surface area contributed by atoms with Crippen LogP contribution in [0.4, 0.5) is 24.8 Å². The topological polar surface area (TPSA) is 89.7 Å². The first-order chi connectivity index (χ1) is 17.3. The molecule has 8 nitrogen and oxygen atoms in total. The van der Waals surface area contributed by atoms with Crippen LogP contribution in [0.25, 0.3) is 16.9 Å². The fourth-order valence-electron chi connectivity index (χ4n) is 5.03. The number of pyridine rings is 1. The van der Waals surface area contributed by atoms with Crippen LogP contribution in [-0.2, 0) is 25.2 Å². The van der Waals surface area contributed by atoms with E-state index < -0.39 is 24.4 Å². The molecular formula is C25H24F3N7O. The number of fused-ring (bicyclic) bond motifs is 2. The number of anilines is 2. The maximum atomic E-state index is 15.1. The molecule has 2 N–H and O–H groups in total. The number of benzene rings is 1. The maximum absolute atomic E-state index is 15.1. The standard InChI is InChI=1S/C25H24F3N7O/c1-2-34-22(36)18-12-30-23(31-17-7-6-15-8-9-29-11-16(15)10-17)33-21(18)35(34)20-5-3-4-19(32-20)24(26)13-25(27,28)14-24/h3-7,10,12,29H,2,8-9,11,13-14H2,1H3,(H,30,31,33). The van der Waals surface area contributed by atoms with Crippen molar-refractivity contribution in [1.82, 2.24) is 29.6 Å². The first-order valence-corrected chi connectivity index (χ1v) is 11.9. The normalized spacial score (nSPS) is 18.0. The Balaban J connectivity index is 1.41. The van der Waals surface area contributed by atoms with E-state index in [-0.39, 0.29) is 34.1 Å². The van der Waals surface area contributed by atoms with Gasteiger partial charge in [0.2, 0.25) is 5.95 Å². The molecule has 1 saturated carbocycles. The summed E-state index contributed by atoms with van der Waals surface area (Å²) in [6, 6.07) is 10.6. The summed E-state index contributed by atoms with van der Waals surface area (Å²) in [5.74, 6) is -2.54. The van der Waals surface area contributed by atoms with Crippen molar-refractivity contribution in [3.8, 4) is 5.82 Å². The average Bonchev–Trinajstić information content (AvgIpc) is 3.13. The summed E-state index contributed by atoms with van der Waals surface area (Å²) in [7, 11) is 0. The Kier molecular flexibility index (Phi) is 5.15. The van der Waals surface area contributed by atoms with Gasteiger partial charge in [0.1, 0.15) is 5.39 Å². The minimum Gasteiger partial charge on any atom is -0.324 e. The third-order valence-electron chi connectivity index (χ3n) is 6.81. The van der Waals surface area contributed by atoms with E-state index in [2.05, 4.69) is 31.7 Å². The molecule has 36 heavy (non-hydrogen) atoms. The molecule has 0 radical (unpaired) electrons. The summed E-state index contributed by atoms with van der Waals surface area (Å²) >= 11 is 0. The highest BCUT2D eigenvalue weighted by atomic mass is 19.3. The zero-order valence-corrected chi connectivity index (χ0v) is 19.6. The molecule has 186 valence electrons. The summed E-state index contributed by atoms with van der Waals surface area (Å²) in [4.78, 5) is 26.3. The average molecular weight is 496 g/mol. The minimum atomic E-state index is -3.04. The first-order valence-electron chi connectivity index (χ1n) is 11.9. The van der Waals surface area contributed by atoms with Crippen LogP contribution in [0.1, 0.15) is 36.6 Å². The molecule has 1 aliphatic heterocycles. The highest BCUT2D eigenvalue weighted by Crippen LogP contribution is 2.53. The molecule has 0 atom stereocenters. The van der Waals surface area contributed by atoms with Gasteiger partial charge in [-0.3, -0.25) is 4.79 Å². The highest BCUT2D eigenvalue weighted by molar-refractivity contribution is 5.77. The van der Waals surface area contributed by atoms with Gasteiger partial charge in [-0.15, -0.1) is 0 Å². The predicted octanol–water partition coefficient (Wildman–Crippen LogP) is 3.98. The molecular weight excluding hydrogens is 471 g/mol. The number of nitrogens with one attached hydrogen (secondary N) is 2. The fraction of sp³-hybridized carbons (Fsp3) is 0.360. The zero-order valence-electron chi connectivity index (χ0n) is 19.6. The van der Waals surface area contributed by atoms with E-state index in [0.717, 1.165) is 25.2 Å². The van der Waals surface area contributed by atoms with Crippen LogP contribution < -0.4 is 16.2 Å². The summed E-state index contributed by atoms with van der Waals surface area (Å²) in [5, 5.41) is 6.82. The van der Waals surface area contributed by atoms with Gasteiger partial charge in [-0.05, 0) is 55.3 Å². The van der Waals surface area contributed by atoms with E-state index in [4.69, 9.17) is 0 Å². The lowest BCUT2D eigenvalue weighted by atomic mass is 9.76. The van der Waals surface area contributed by atoms with Crippen LogP contribution >= 0.6 is 0 Å².